The van der Waals surface area contributed by atoms with Gasteiger partial charge in [-0.2, -0.15) is 0 Å². The monoisotopic (exact) mass is 404 g/mol. The molecule has 1 saturated carbocycles. The highest BCUT2D eigenvalue weighted by molar-refractivity contribution is 6.09. The van der Waals surface area contributed by atoms with Crippen molar-refractivity contribution in [1.29, 1.82) is 0 Å². The van der Waals surface area contributed by atoms with E-state index < -0.39 is 11.6 Å². The lowest BCUT2D eigenvalue weighted by atomic mass is 9.98. The van der Waals surface area contributed by atoms with E-state index in [9.17, 15) is 14.4 Å². The Morgan fingerprint density at radius 2 is 1.97 bits per heavy atom. The fourth-order valence-corrected chi connectivity index (χ4v) is 4.48. The highest BCUT2D eigenvalue weighted by Crippen LogP contribution is 2.34. The van der Waals surface area contributed by atoms with E-state index in [1.165, 1.54) is 0 Å². The second-order valence-corrected chi connectivity index (χ2v) is 8.03. The van der Waals surface area contributed by atoms with E-state index in [1.807, 2.05) is 19.1 Å². The third kappa shape index (κ3) is 4.02. The van der Waals surface area contributed by atoms with Gasteiger partial charge in [-0.1, -0.05) is 12.8 Å². The Kier molecular flexibility index (Phi) is 5.60. The molecule has 1 aliphatic carbocycles. The molecular weight excluding hydrogens is 376 g/mol. The molecule has 0 bridgehead atoms. The normalized spacial score (nSPS) is 22.9. The van der Waals surface area contributed by atoms with E-state index in [0.717, 1.165) is 42.4 Å². The lowest BCUT2D eigenvalue weighted by molar-refractivity contribution is -0.135. The molecule has 3 fully saturated rings. The van der Waals surface area contributed by atoms with E-state index in [0.29, 0.717) is 32.6 Å². The zero-order valence-electron chi connectivity index (χ0n) is 16.7. The number of nitrogens with zero attached hydrogens (tertiary/aromatic N) is 2. The van der Waals surface area contributed by atoms with Gasteiger partial charge in [-0.15, -0.1) is 0 Å². The van der Waals surface area contributed by atoms with Gasteiger partial charge in [0, 0.05) is 19.6 Å². The lowest BCUT2D eigenvalue weighted by Gasteiger charge is -2.33. The average molecular weight is 404 g/mol. The molecule has 2 aliphatic heterocycles. The summed E-state index contributed by atoms with van der Waals surface area (Å²) >= 11 is 0. The van der Waals surface area contributed by atoms with E-state index in [4.69, 9.17) is 9.15 Å². The minimum atomic E-state index is -0.792. The Morgan fingerprint density at radius 1 is 1.24 bits per heavy atom. The summed E-state index contributed by atoms with van der Waals surface area (Å²) in [6.07, 6.45) is 3.12. The molecule has 2 saturated heterocycles. The number of rotatable bonds is 6. The van der Waals surface area contributed by atoms with E-state index in [1.54, 1.807) is 0 Å². The maximum absolute atomic E-state index is 12.7. The van der Waals surface area contributed by atoms with Crippen molar-refractivity contribution < 1.29 is 23.5 Å². The molecule has 3 aliphatic rings. The van der Waals surface area contributed by atoms with Crippen molar-refractivity contribution in [1.82, 2.24) is 20.4 Å². The predicted octanol–water partition coefficient (Wildman–Crippen LogP) is 0.942. The minimum absolute atomic E-state index is 0.124. The third-order valence-corrected chi connectivity index (χ3v) is 6.07. The Bertz CT molecular complexity index is 780. The number of ether oxygens (including phenoxy) is 1. The molecule has 1 unspecified atom stereocenters. The van der Waals surface area contributed by atoms with E-state index in [-0.39, 0.29) is 24.4 Å². The largest absolute Gasteiger partial charge is 0.465 e. The highest BCUT2D eigenvalue weighted by Gasteiger charge is 2.52. The van der Waals surface area contributed by atoms with Crippen LogP contribution in [-0.2, 0) is 14.3 Å². The first kappa shape index (κ1) is 19.9. The van der Waals surface area contributed by atoms with Crippen LogP contribution in [0.25, 0.3) is 0 Å². The zero-order chi connectivity index (χ0) is 20.4. The van der Waals surface area contributed by atoms with Crippen LogP contribution in [-0.4, -0.2) is 72.6 Å². The number of amides is 4. The van der Waals surface area contributed by atoms with Gasteiger partial charge < -0.3 is 19.8 Å². The van der Waals surface area contributed by atoms with Crippen LogP contribution in [0.2, 0.25) is 0 Å². The number of hydrogen-bond acceptors (Lipinski definition) is 6. The number of furan rings is 1. The molecule has 0 radical (unpaired) electrons. The maximum Gasteiger partial charge on any atom is 0.325 e. The summed E-state index contributed by atoms with van der Waals surface area (Å²) < 4.78 is 11.2. The molecule has 1 aromatic rings. The molecule has 9 heteroatoms. The van der Waals surface area contributed by atoms with Crippen LogP contribution < -0.4 is 10.6 Å². The van der Waals surface area contributed by atoms with Gasteiger partial charge in [0.25, 0.3) is 5.91 Å². The molecule has 1 spiro atoms. The summed E-state index contributed by atoms with van der Waals surface area (Å²) in [5.41, 5.74) is -0.792. The zero-order valence-corrected chi connectivity index (χ0v) is 16.7. The Labute approximate surface area is 169 Å². The second kappa shape index (κ2) is 8.16. The highest BCUT2D eigenvalue weighted by atomic mass is 16.5. The quantitative estimate of drug-likeness (QED) is 0.684. The molecule has 2 N–H and O–H groups in total. The molecule has 1 aromatic heterocycles. The predicted molar refractivity (Wildman–Crippen MR) is 103 cm³/mol. The summed E-state index contributed by atoms with van der Waals surface area (Å²) in [5.74, 6) is 0.960. The average Bonchev–Trinajstić information content (AvgIpc) is 3.41. The Hall–Kier alpha value is -2.39. The van der Waals surface area contributed by atoms with E-state index >= 15 is 0 Å². The molecule has 9 nitrogen and oxygen atoms in total. The molecular formula is C20H28N4O5. The number of aryl methyl sites for hydroxylation is 1. The van der Waals surface area contributed by atoms with Crippen LogP contribution in [0.15, 0.2) is 16.5 Å². The molecule has 4 amide bonds. The third-order valence-electron chi connectivity index (χ3n) is 6.07. The number of nitrogens with one attached hydrogen (secondary N) is 2. The number of imide groups is 1. The Balaban J connectivity index is 1.38. The maximum atomic E-state index is 12.7. The van der Waals surface area contributed by atoms with Gasteiger partial charge >= 0.3 is 6.03 Å². The van der Waals surface area contributed by atoms with E-state index in [2.05, 4.69) is 15.5 Å². The fraction of sp³-hybridized carbons (Fsp3) is 0.650. The summed E-state index contributed by atoms with van der Waals surface area (Å²) in [5, 5.41) is 5.68. The minimum Gasteiger partial charge on any atom is -0.465 e. The van der Waals surface area contributed by atoms with Gasteiger partial charge in [-0.3, -0.25) is 19.4 Å². The first-order chi connectivity index (χ1) is 14.0. The SMILES string of the molecule is Cc1ccc(C(CNC(=O)CN2C(=O)NC3(CCCC3)C2=O)N2CCOCC2)o1. The van der Waals surface area contributed by atoms with Crippen LogP contribution in [0.5, 0.6) is 0 Å². The first-order valence-electron chi connectivity index (χ1n) is 10.3. The molecule has 29 heavy (non-hydrogen) atoms. The Morgan fingerprint density at radius 3 is 2.62 bits per heavy atom. The van der Waals surface area contributed by atoms with Crippen LogP contribution in [0.4, 0.5) is 4.79 Å². The van der Waals surface area contributed by atoms with Gasteiger partial charge in [0.15, 0.2) is 0 Å². The fourth-order valence-electron chi connectivity index (χ4n) is 4.48. The van der Waals surface area contributed by atoms with Crippen molar-refractivity contribution in [2.75, 3.05) is 39.4 Å². The van der Waals surface area contributed by atoms with Gasteiger partial charge in [0.2, 0.25) is 5.91 Å². The summed E-state index contributed by atoms with van der Waals surface area (Å²) in [7, 11) is 0. The van der Waals surface area contributed by atoms with Crippen LogP contribution >= 0.6 is 0 Å². The second-order valence-electron chi connectivity index (χ2n) is 8.03. The van der Waals surface area contributed by atoms with Gasteiger partial charge in [-0.05, 0) is 31.9 Å². The smallest absolute Gasteiger partial charge is 0.325 e. The van der Waals surface area contributed by atoms with Crippen molar-refractivity contribution in [2.45, 2.75) is 44.2 Å². The van der Waals surface area contributed by atoms with Crippen molar-refractivity contribution >= 4 is 17.8 Å². The van der Waals surface area contributed by atoms with Gasteiger partial charge in [0.1, 0.15) is 23.6 Å². The topological polar surface area (TPSA) is 104 Å². The molecule has 3 heterocycles. The van der Waals surface area contributed by atoms with Crippen LogP contribution in [0.1, 0.15) is 43.2 Å². The van der Waals surface area contributed by atoms with Crippen molar-refractivity contribution in [3.05, 3.63) is 23.7 Å². The van der Waals surface area contributed by atoms with Crippen LogP contribution in [0, 0.1) is 6.92 Å². The molecule has 158 valence electrons. The summed E-state index contributed by atoms with van der Waals surface area (Å²) in [6, 6.07) is 3.22. The summed E-state index contributed by atoms with van der Waals surface area (Å²) in [4.78, 5) is 40.8. The molecule has 1 atom stereocenters. The number of urea groups is 1. The molecule has 0 aromatic carbocycles. The summed E-state index contributed by atoms with van der Waals surface area (Å²) in [6.45, 7) is 4.71. The van der Waals surface area contributed by atoms with Crippen molar-refractivity contribution in [2.24, 2.45) is 0 Å². The van der Waals surface area contributed by atoms with Crippen molar-refractivity contribution in [3.63, 3.8) is 0 Å². The van der Waals surface area contributed by atoms with Gasteiger partial charge in [-0.25, -0.2) is 4.79 Å². The molecule has 4 rings (SSSR count). The number of carbonyl (C=O) groups is 3. The lowest BCUT2D eigenvalue weighted by Crippen LogP contribution is -2.47. The van der Waals surface area contributed by atoms with Crippen LogP contribution in [0.3, 0.4) is 0 Å². The standard InChI is InChI=1S/C20H28N4O5/c1-14-4-5-16(29-14)15(23-8-10-28-11-9-23)12-21-17(25)13-24-18(26)20(22-19(24)27)6-2-3-7-20/h4-5,15H,2-3,6-13H2,1H3,(H,21,25)(H,22,27). The van der Waals surface area contributed by atoms with Crippen molar-refractivity contribution in [3.8, 4) is 0 Å². The first-order valence-corrected chi connectivity index (χ1v) is 10.3. The number of carbonyl (C=O) groups excluding carboxylic acids is 3. The number of hydrogen-bond donors (Lipinski definition) is 2. The van der Waals surface area contributed by atoms with Gasteiger partial charge in [0.05, 0.1) is 19.3 Å². The number of morpholine rings is 1.